The molecule has 28 heavy (non-hydrogen) atoms. The molecule has 11 heteroatoms. The largest absolute Gasteiger partial charge is 0.355 e. The average molecular weight is 376 g/mol. The van der Waals surface area contributed by atoms with Gasteiger partial charge in [-0.2, -0.15) is 0 Å². The second-order valence-electron chi connectivity index (χ2n) is 5.55. The fourth-order valence-corrected chi connectivity index (χ4v) is 2.61. The summed E-state index contributed by atoms with van der Waals surface area (Å²) in [7, 11) is 0. The zero-order valence-corrected chi connectivity index (χ0v) is 14.2. The van der Waals surface area contributed by atoms with Crippen molar-refractivity contribution in [2.45, 2.75) is 0 Å². The third kappa shape index (κ3) is 3.07. The van der Waals surface area contributed by atoms with Crippen molar-refractivity contribution in [3.63, 3.8) is 0 Å². The molecule has 0 aliphatic heterocycles. The summed E-state index contributed by atoms with van der Waals surface area (Å²) >= 11 is 0. The molecule has 0 unspecified atom stereocenters. The summed E-state index contributed by atoms with van der Waals surface area (Å²) in [5.41, 5.74) is 5.87. The second kappa shape index (κ2) is 7.07. The first-order valence-corrected chi connectivity index (χ1v) is 8.04. The van der Waals surface area contributed by atoms with Crippen molar-refractivity contribution in [2.24, 2.45) is 0 Å². The van der Waals surface area contributed by atoms with Gasteiger partial charge in [-0.25, -0.2) is 15.0 Å². The van der Waals surface area contributed by atoms with Gasteiger partial charge in [-0.1, -0.05) is 18.2 Å². The fraction of sp³-hybridized carbons (Fsp3) is 0. The van der Waals surface area contributed by atoms with Crippen molar-refractivity contribution in [2.75, 3.05) is 5.43 Å². The Kier molecular flexibility index (Phi) is 4.30. The number of hydrazine groups is 1. The Hall–Kier alpha value is -4.41. The minimum Gasteiger partial charge on any atom is -0.277 e. The van der Waals surface area contributed by atoms with E-state index in [0.29, 0.717) is 11.0 Å². The number of anilines is 1. The molecule has 0 bridgehead atoms. The van der Waals surface area contributed by atoms with Crippen LogP contribution in [0.4, 0.5) is 11.5 Å². The SMILES string of the molecule is O=C(NNc1ncnc(-n2cnc3ccccc32)c1[N+](=O)[O-])c1ccccn1. The molecule has 1 aromatic carbocycles. The number of nitro groups is 1. The van der Waals surface area contributed by atoms with Crippen LogP contribution in [0.25, 0.3) is 16.9 Å². The third-order valence-corrected chi connectivity index (χ3v) is 3.86. The minimum atomic E-state index is -0.626. The summed E-state index contributed by atoms with van der Waals surface area (Å²) in [4.78, 5) is 39.3. The fourth-order valence-electron chi connectivity index (χ4n) is 2.61. The number of hydrogen-bond acceptors (Lipinski definition) is 8. The van der Waals surface area contributed by atoms with E-state index in [1.807, 2.05) is 6.07 Å². The molecule has 0 saturated carbocycles. The number of rotatable bonds is 5. The van der Waals surface area contributed by atoms with Gasteiger partial charge in [-0.3, -0.25) is 35.3 Å². The van der Waals surface area contributed by atoms with Crippen LogP contribution in [0.15, 0.2) is 61.3 Å². The van der Waals surface area contributed by atoms with Gasteiger partial charge in [0.25, 0.3) is 5.91 Å². The number of benzene rings is 1. The molecule has 4 rings (SSSR count). The smallest absolute Gasteiger partial charge is 0.277 e. The number of para-hydroxylation sites is 2. The molecular weight excluding hydrogens is 364 g/mol. The van der Waals surface area contributed by atoms with E-state index in [9.17, 15) is 14.9 Å². The standard InChI is InChI=1S/C17H12N8O3/c26-17(12-6-3-4-8-18-12)23-22-15-14(25(27)28)16(20-9-19-15)24-10-21-11-5-1-2-7-13(11)24/h1-10H,(H,23,26)(H,19,20,22). The Morgan fingerprint density at radius 3 is 2.64 bits per heavy atom. The first-order valence-electron chi connectivity index (χ1n) is 8.04. The lowest BCUT2D eigenvalue weighted by atomic mass is 10.3. The van der Waals surface area contributed by atoms with Gasteiger partial charge in [0.05, 0.1) is 16.0 Å². The maximum atomic E-state index is 12.1. The van der Waals surface area contributed by atoms with Crippen LogP contribution in [-0.2, 0) is 0 Å². The van der Waals surface area contributed by atoms with Crippen molar-refractivity contribution in [3.05, 3.63) is 77.1 Å². The van der Waals surface area contributed by atoms with Gasteiger partial charge in [0.2, 0.25) is 11.6 Å². The average Bonchev–Trinajstić information content (AvgIpc) is 3.16. The molecule has 3 aromatic heterocycles. The molecular formula is C17H12N8O3. The highest BCUT2D eigenvalue weighted by Gasteiger charge is 2.25. The first-order chi connectivity index (χ1) is 13.6. The van der Waals surface area contributed by atoms with E-state index in [4.69, 9.17) is 0 Å². The topological polar surface area (TPSA) is 141 Å². The Morgan fingerprint density at radius 2 is 1.86 bits per heavy atom. The minimum absolute atomic E-state index is 0.0169. The van der Waals surface area contributed by atoms with Crippen LogP contribution >= 0.6 is 0 Å². The third-order valence-electron chi connectivity index (χ3n) is 3.86. The molecule has 0 fully saturated rings. The summed E-state index contributed by atoms with van der Waals surface area (Å²) in [6.07, 6.45) is 4.06. The van der Waals surface area contributed by atoms with Crippen molar-refractivity contribution in [1.82, 2.24) is 29.9 Å². The number of nitrogens with one attached hydrogen (secondary N) is 2. The van der Waals surface area contributed by atoms with Gasteiger partial charge in [0.15, 0.2) is 0 Å². The number of carbonyl (C=O) groups is 1. The molecule has 0 aliphatic carbocycles. The van der Waals surface area contributed by atoms with Crippen LogP contribution in [0.1, 0.15) is 10.5 Å². The lowest BCUT2D eigenvalue weighted by molar-refractivity contribution is -0.384. The molecule has 11 nitrogen and oxygen atoms in total. The highest BCUT2D eigenvalue weighted by atomic mass is 16.6. The molecule has 138 valence electrons. The number of hydrogen-bond donors (Lipinski definition) is 2. The molecule has 3 heterocycles. The Morgan fingerprint density at radius 1 is 1.04 bits per heavy atom. The lowest BCUT2D eigenvalue weighted by Gasteiger charge is -2.10. The van der Waals surface area contributed by atoms with E-state index in [1.165, 1.54) is 23.2 Å². The quantitative estimate of drug-likeness (QED) is 0.397. The number of imidazole rings is 1. The van der Waals surface area contributed by atoms with Crippen molar-refractivity contribution >= 4 is 28.4 Å². The molecule has 0 aliphatic rings. The predicted molar refractivity (Wildman–Crippen MR) is 98.6 cm³/mol. The van der Waals surface area contributed by atoms with Gasteiger partial charge in [-0.05, 0) is 24.3 Å². The molecule has 4 aromatic rings. The van der Waals surface area contributed by atoms with Crippen LogP contribution in [0.2, 0.25) is 0 Å². The van der Waals surface area contributed by atoms with E-state index >= 15 is 0 Å². The highest BCUT2D eigenvalue weighted by Crippen LogP contribution is 2.29. The number of nitrogens with zero attached hydrogens (tertiary/aromatic N) is 6. The van der Waals surface area contributed by atoms with Crippen LogP contribution in [-0.4, -0.2) is 35.3 Å². The lowest BCUT2D eigenvalue weighted by Crippen LogP contribution is -2.31. The van der Waals surface area contributed by atoms with Crippen LogP contribution < -0.4 is 10.9 Å². The molecule has 1 amide bonds. The molecule has 0 saturated heterocycles. The summed E-state index contributed by atoms with van der Waals surface area (Å²) in [6, 6.07) is 12.0. The van der Waals surface area contributed by atoms with Gasteiger partial charge in [0, 0.05) is 6.20 Å². The maximum Gasteiger partial charge on any atom is 0.355 e. The summed E-state index contributed by atoms with van der Waals surface area (Å²) in [5, 5.41) is 11.7. The zero-order chi connectivity index (χ0) is 19.5. The van der Waals surface area contributed by atoms with Crippen LogP contribution in [0.3, 0.4) is 0 Å². The Labute approximate surface area is 157 Å². The number of fused-ring (bicyclic) bond motifs is 1. The highest BCUT2D eigenvalue weighted by molar-refractivity contribution is 5.93. The number of pyridine rings is 1. The Bertz CT molecular complexity index is 1180. The van der Waals surface area contributed by atoms with Crippen molar-refractivity contribution < 1.29 is 9.72 Å². The van der Waals surface area contributed by atoms with E-state index in [1.54, 1.807) is 30.3 Å². The maximum absolute atomic E-state index is 12.1. The summed E-state index contributed by atoms with van der Waals surface area (Å²) in [5.74, 6) is -0.719. The number of aromatic nitrogens is 5. The van der Waals surface area contributed by atoms with Crippen LogP contribution in [0.5, 0.6) is 0 Å². The van der Waals surface area contributed by atoms with Gasteiger partial charge in [0.1, 0.15) is 18.3 Å². The van der Waals surface area contributed by atoms with E-state index in [2.05, 4.69) is 30.8 Å². The molecule has 2 N–H and O–H groups in total. The Balaban J connectivity index is 1.70. The first kappa shape index (κ1) is 17.0. The van der Waals surface area contributed by atoms with Gasteiger partial charge < -0.3 is 0 Å². The normalized spacial score (nSPS) is 10.6. The second-order valence-corrected chi connectivity index (χ2v) is 5.55. The zero-order valence-electron chi connectivity index (χ0n) is 14.2. The van der Waals surface area contributed by atoms with Crippen molar-refractivity contribution in [3.8, 4) is 5.82 Å². The monoisotopic (exact) mass is 376 g/mol. The summed E-state index contributed by atoms with van der Waals surface area (Å²) < 4.78 is 1.49. The number of amides is 1. The van der Waals surface area contributed by atoms with Gasteiger partial charge >= 0.3 is 5.69 Å². The van der Waals surface area contributed by atoms with E-state index in [0.717, 1.165) is 6.33 Å². The van der Waals surface area contributed by atoms with Gasteiger partial charge in [-0.15, -0.1) is 0 Å². The van der Waals surface area contributed by atoms with Crippen molar-refractivity contribution in [1.29, 1.82) is 0 Å². The molecule has 0 radical (unpaired) electrons. The summed E-state index contributed by atoms with van der Waals surface area (Å²) in [6.45, 7) is 0. The van der Waals surface area contributed by atoms with E-state index in [-0.39, 0.29) is 17.3 Å². The van der Waals surface area contributed by atoms with Crippen LogP contribution in [0, 0.1) is 10.1 Å². The molecule has 0 atom stereocenters. The predicted octanol–water partition coefficient (Wildman–Crippen LogP) is 1.88. The molecule has 0 spiro atoms. The number of carbonyl (C=O) groups excluding carboxylic acids is 1. The van der Waals surface area contributed by atoms with E-state index < -0.39 is 16.5 Å².